The number of phenolic OH excluding ortho intramolecular Hbond substituents is 1. The minimum atomic E-state index is -2.38. The molecule has 24 heteroatoms. The summed E-state index contributed by atoms with van der Waals surface area (Å²) in [6.07, 6.45) is 3.44. The lowest BCUT2D eigenvalue weighted by Gasteiger charge is -2.54. The highest BCUT2D eigenvalue weighted by Crippen LogP contribution is 2.46. The van der Waals surface area contributed by atoms with E-state index in [-0.39, 0.29) is 117 Å². The lowest BCUT2D eigenvalue weighted by Crippen LogP contribution is -2.60. The van der Waals surface area contributed by atoms with Gasteiger partial charge < -0.3 is 44.2 Å². The van der Waals surface area contributed by atoms with Crippen LogP contribution in [0.25, 0.3) is 44.1 Å². The molecule has 0 radical (unpaired) electrons. The Balaban J connectivity index is 0.724. The van der Waals surface area contributed by atoms with E-state index in [0.29, 0.717) is 84.0 Å². The number of ether oxygens (including phenoxy) is 2. The van der Waals surface area contributed by atoms with E-state index in [2.05, 4.69) is 73.3 Å². The van der Waals surface area contributed by atoms with Crippen molar-refractivity contribution in [2.75, 3.05) is 68.8 Å². The number of likely N-dealkylation sites (tertiary alicyclic amines) is 2. The van der Waals surface area contributed by atoms with E-state index in [0.717, 1.165) is 38.8 Å². The Morgan fingerprint density at radius 3 is 2.10 bits per heavy atom. The fourth-order valence-corrected chi connectivity index (χ4v) is 21.5. The van der Waals surface area contributed by atoms with E-state index in [9.17, 15) is 37.8 Å². The normalized spacial score (nSPS) is 20.1. The Morgan fingerprint density at radius 1 is 0.818 bits per heavy atom. The van der Waals surface area contributed by atoms with Gasteiger partial charge in [0.1, 0.15) is 78.3 Å². The smallest absolute Gasteiger partial charge is 0.410 e. The summed E-state index contributed by atoms with van der Waals surface area (Å²) in [6.45, 7) is 28.5. The van der Waals surface area contributed by atoms with Crippen LogP contribution in [0.2, 0.25) is 16.6 Å². The molecule has 18 nitrogen and oxygen atoms in total. The summed E-state index contributed by atoms with van der Waals surface area (Å²) in [7, 11) is -2.38. The molecule has 2 unspecified atom stereocenters. The summed E-state index contributed by atoms with van der Waals surface area (Å²) in [6, 6.07) is 12.9. The van der Waals surface area contributed by atoms with Crippen molar-refractivity contribution in [2.45, 2.75) is 174 Å². The Kier molecular flexibility index (Phi) is 19.7. The number of hydrogen-bond acceptors (Lipinski definition) is 15. The number of aliphatic hydroxyl groups is 1. The molecule has 0 saturated carbocycles. The van der Waals surface area contributed by atoms with Crippen molar-refractivity contribution in [3.05, 3.63) is 119 Å². The first kappa shape index (κ1) is 70.5. The van der Waals surface area contributed by atoms with Crippen LogP contribution in [0.15, 0.2) is 77.4 Å². The van der Waals surface area contributed by atoms with Crippen molar-refractivity contribution in [3.8, 4) is 45.6 Å². The van der Waals surface area contributed by atoms with Crippen LogP contribution in [0.4, 0.5) is 38.4 Å². The molecular formula is C75H89F5N10O8Si. The number of β-amino-alcohol motifs (C(OH)–C–C–N with tert-alkyl or cyclic N) is 1. The number of fused-ring (bicyclic) bond motifs is 4. The second-order valence-corrected chi connectivity index (χ2v) is 35.8. The molecule has 3 N–H and O–H groups in total. The number of aliphatic hydroxyl groups excluding tert-OH is 1. The van der Waals surface area contributed by atoms with Gasteiger partial charge in [-0.3, -0.25) is 24.4 Å². The zero-order chi connectivity index (χ0) is 70.9. The summed E-state index contributed by atoms with van der Waals surface area (Å²) >= 11 is 0. The number of anilines is 2. The summed E-state index contributed by atoms with van der Waals surface area (Å²) < 4.78 is 95.3. The molecular weight excluding hydrogens is 1290 g/mol. The predicted octanol–water partition coefficient (Wildman–Crippen LogP) is 13.6. The average molecular weight is 1380 g/mol. The number of carbonyl (C=O) groups is 3. The van der Waals surface area contributed by atoms with Gasteiger partial charge in [0.05, 0.1) is 40.7 Å². The fraction of sp³-hybridized carbons (Fsp3) is 0.507. The molecule has 12 rings (SSSR count). The van der Waals surface area contributed by atoms with Gasteiger partial charge in [0.25, 0.3) is 0 Å². The van der Waals surface area contributed by atoms with Gasteiger partial charge in [-0.25, -0.2) is 26.7 Å². The Bertz CT molecular complexity index is 4230. The number of aromatic nitrogens is 4. The summed E-state index contributed by atoms with van der Waals surface area (Å²) in [4.78, 5) is 66.3. The number of piperazine rings is 1. The van der Waals surface area contributed by atoms with Crippen LogP contribution in [-0.4, -0.2) is 160 Å². The number of phenols is 1. The quantitative estimate of drug-likeness (QED) is 0.0441. The first-order chi connectivity index (χ1) is 46.9. The van der Waals surface area contributed by atoms with E-state index in [1.165, 1.54) is 41.4 Å². The van der Waals surface area contributed by atoms with Gasteiger partial charge in [-0.1, -0.05) is 96.8 Å². The fourth-order valence-electron chi connectivity index (χ4n) is 16.2. The number of benzene rings is 4. The molecule has 5 fully saturated rings. The van der Waals surface area contributed by atoms with Gasteiger partial charge >= 0.3 is 12.1 Å². The van der Waals surface area contributed by atoms with E-state index in [4.69, 9.17) is 28.9 Å². The molecule has 5 saturated heterocycles. The first-order valence-corrected chi connectivity index (χ1v) is 36.9. The molecule has 3 amide bonds. The Labute approximate surface area is 575 Å². The zero-order valence-electron chi connectivity index (χ0n) is 58.4. The number of piperidine rings is 1. The average Bonchev–Trinajstić information content (AvgIpc) is 1.55. The van der Waals surface area contributed by atoms with Gasteiger partial charge in [-0.05, 0) is 124 Å². The van der Waals surface area contributed by atoms with Gasteiger partial charge in [-0.2, -0.15) is 9.97 Å². The maximum atomic E-state index is 18.0. The summed E-state index contributed by atoms with van der Waals surface area (Å²) in [5.74, 6) is -1.98. The van der Waals surface area contributed by atoms with E-state index in [1.54, 1.807) is 31.2 Å². The molecule has 1 spiro atoms. The molecule has 3 aromatic heterocycles. The molecule has 2 bridgehead atoms. The van der Waals surface area contributed by atoms with Crippen molar-refractivity contribution in [1.82, 2.24) is 40.1 Å². The van der Waals surface area contributed by atoms with Gasteiger partial charge in [0, 0.05) is 86.4 Å². The van der Waals surface area contributed by atoms with Crippen LogP contribution in [0, 0.1) is 51.9 Å². The number of rotatable bonds is 17. The first-order valence-electron chi connectivity index (χ1n) is 34.6. The number of halogens is 5. The van der Waals surface area contributed by atoms with Crippen molar-refractivity contribution >= 4 is 59.3 Å². The van der Waals surface area contributed by atoms with Crippen LogP contribution in [0.1, 0.15) is 144 Å². The largest absolute Gasteiger partial charge is 0.508 e. The maximum Gasteiger partial charge on any atom is 0.410 e. The zero-order valence-corrected chi connectivity index (χ0v) is 59.4. The molecule has 0 aliphatic carbocycles. The van der Waals surface area contributed by atoms with E-state index < -0.39 is 72.8 Å². The van der Waals surface area contributed by atoms with Crippen molar-refractivity contribution in [1.29, 1.82) is 0 Å². The van der Waals surface area contributed by atoms with E-state index in [1.807, 2.05) is 44.4 Å². The Morgan fingerprint density at radius 2 is 1.47 bits per heavy atom. The number of pyridine rings is 1. The second-order valence-electron chi connectivity index (χ2n) is 30.2. The third-order valence-corrected chi connectivity index (χ3v) is 27.5. The number of hydrogen-bond donors (Lipinski definition) is 3. The van der Waals surface area contributed by atoms with Gasteiger partial charge in [-0.15, -0.1) is 5.54 Å². The van der Waals surface area contributed by atoms with Crippen LogP contribution >= 0.6 is 0 Å². The highest BCUT2D eigenvalue weighted by Gasteiger charge is 2.49. The minimum absolute atomic E-state index is 0.00270. The van der Waals surface area contributed by atoms with Crippen LogP contribution in [0.5, 0.6) is 11.8 Å². The molecule has 4 aromatic carbocycles. The van der Waals surface area contributed by atoms with Gasteiger partial charge in [0.2, 0.25) is 11.8 Å². The lowest BCUT2D eigenvalue weighted by atomic mass is 9.72. The third kappa shape index (κ3) is 13.9. The monoisotopic (exact) mass is 1380 g/mol. The van der Waals surface area contributed by atoms with Crippen molar-refractivity contribution in [3.63, 3.8) is 0 Å². The highest BCUT2D eigenvalue weighted by molar-refractivity contribution is 6.90. The number of carbonyl (C=O) groups excluding carboxylic acids is 3. The summed E-state index contributed by atoms with van der Waals surface area (Å²) in [5.41, 5.74) is 4.20. The second kappa shape index (κ2) is 27.6. The number of nitrogens with one attached hydrogen (secondary N) is 1. The topological polar surface area (TPSA) is 203 Å². The SMILES string of the molecule is CC(C)[C@@H](C(=O)N1C[C@H](O)C[C@H]1C(=O)N[C@@H](C)c1ccc(-c2c(F)cc(F)cc2F)cc1)c1cc(N2CC3(CCN(CCOc4nc(N5CC6CCC(C5)N6C(=O)OC(C)(C)C)c5cnc(-c6cc(O)cc7ccc(F)c(C#C[Si](C(C)C)(C(C)C)C(C)C)c67)c(F)c5n4)CC3)C2)no1. The number of amides is 3. The molecule has 8 heterocycles. The van der Waals surface area contributed by atoms with Gasteiger partial charge in [0.15, 0.2) is 17.4 Å². The molecule has 5 aliphatic rings. The van der Waals surface area contributed by atoms with Crippen LogP contribution in [0.3, 0.4) is 0 Å². The van der Waals surface area contributed by atoms with Crippen molar-refractivity contribution in [2.24, 2.45) is 11.3 Å². The van der Waals surface area contributed by atoms with Crippen LogP contribution in [-0.2, 0) is 14.3 Å². The van der Waals surface area contributed by atoms with Crippen molar-refractivity contribution < 1.29 is 60.5 Å². The number of nitrogens with zero attached hydrogens (tertiary/aromatic N) is 9. The minimum Gasteiger partial charge on any atom is -0.508 e. The van der Waals surface area contributed by atoms with E-state index >= 15 is 8.78 Å². The molecule has 99 heavy (non-hydrogen) atoms. The molecule has 6 atom stereocenters. The lowest BCUT2D eigenvalue weighted by molar-refractivity contribution is -0.141. The molecule has 5 aliphatic heterocycles. The molecule has 526 valence electrons. The Hall–Kier alpha value is -8.40. The highest BCUT2D eigenvalue weighted by atomic mass is 28.3. The third-order valence-electron chi connectivity index (χ3n) is 21.2. The summed E-state index contributed by atoms with van der Waals surface area (Å²) in [5, 5.41) is 30.6. The number of aromatic hydroxyl groups is 1. The van der Waals surface area contributed by atoms with Crippen LogP contribution < -0.4 is 19.9 Å². The maximum absolute atomic E-state index is 18.0. The molecule has 7 aromatic rings. The predicted molar refractivity (Wildman–Crippen MR) is 371 cm³/mol. The standard InChI is InChI=1S/C75H89F5N10O8Si/c1-41(2)63(71(94)89-38-53(92)33-60(89)70(93)82-45(9)46-13-15-47(16-14-46)65-58(78)30-49(76)31-59(65)79)61-34-62(85-98-61)88-39-75(40-88)22-24-86(25-23-75)26-27-96-72-83-68-56(69(84-72)87-36-50-18-19-51(37-87)90(50)73(95)97-74(10,11)12)35-81-67(66(68)80)55-32-52(91)29-48-17-20-57(77)54(64(48)55)21-28-99(42(3)4,43(5)6)44(7)8/h13-17,20,29-32,34-35,41-45,50-51,53,60,63,91-92H,18-19,22-27,33,36-40H2,1-12H3,(H,82,93)/t45-,50?,51?,53+,60-,63+/m0/s1.